The molecule has 2 aliphatic rings. The zero-order valence-electron chi connectivity index (χ0n) is 13.2. The van der Waals surface area contributed by atoms with E-state index in [1.54, 1.807) is 0 Å². The van der Waals surface area contributed by atoms with E-state index >= 15 is 0 Å². The Labute approximate surface area is 140 Å². The second-order valence-electron chi connectivity index (χ2n) is 6.78. The highest BCUT2D eigenvalue weighted by Crippen LogP contribution is 2.48. The van der Waals surface area contributed by atoms with Crippen molar-refractivity contribution >= 4 is 11.0 Å². The van der Waals surface area contributed by atoms with E-state index in [1.807, 2.05) is 0 Å². The first-order valence-electron chi connectivity index (χ1n) is 8.26. The molecule has 2 N–H and O–H groups in total. The predicted molar refractivity (Wildman–Crippen MR) is 86.6 cm³/mol. The number of nitrogens with one attached hydrogen (secondary N) is 2. The molecule has 2 atom stereocenters. The molecule has 1 aliphatic carbocycles. The highest BCUT2D eigenvalue weighted by Gasteiger charge is 2.46. The first-order chi connectivity index (χ1) is 12.1. The standard InChI is InChI=1S/C17H15F2N5O/c18-10-1-2-13(12(19)4-10)24-16-11(7-21-24)17(25)23-15(22-16)14-8-3-9(14)6-20-5-8/h1-2,4,7-9,14,20H,3,5-6H2,(H,22,23,25). The molecule has 1 saturated heterocycles. The fourth-order valence-corrected chi connectivity index (χ4v) is 4.12. The van der Waals surface area contributed by atoms with Crippen molar-refractivity contribution in [3.05, 3.63) is 52.2 Å². The number of aromatic nitrogens is 4. The number of hydrogen-bond donors (Lipinski definition) is 2. The first kappa shape index (κ1) is 14.7. The van der Waals surface area contributed by atoms with E-state index in [-0.39, 0.29) is 22.6 Å². The summed E-state index contributed by atoms with van der Waals surface area (Å²) in [7, 11) is 0. The molecule has 8 heteroatoms. The number of piperidine rings is 2. The highest BCUT2D eigenvalue weighted by molar-refractivity contribution is 5.75. The van der Waals surface area contributed by atoms with Gasteiger partial charge in [0.1, 0.15) is 22.7 Å². The third-order valence-corrected chi connectivity index (χ3v) is 5.34. The third kappa shape index (κ3) is 2.13. The number of halogens is 2. The lowest BCUT2D eigenvalue weighted by molar-refractivity contribution is 0.0851. The Kier molecular flexibility index (Phi) is 3.05. The van der Waals surface area contributed by atoms with Gasteiger partial charge in [0.25, 0.3) is 5.56 Å². The number of nitrogens with zero attached hydrogens (tertiary/aromatic N) is 3. The predicted octanol–water partition coefficient (Wildman–Crippen LogP) is 1.71. The molecule has 0 spiro atoms. The Bertz CT molecular complexity index is 1030. The number of rotatable bonds is 2. The minimum absolute atomic E-state index is 0.0657. The molecule has 2 unspecified atom stereocenters. The van der Waals surface area contributed by atoms with E-state index in [1.165, 1.54) is 16.9 Å². The van der Waals surface area contributed by atoms with E-state index in [0.717, 1.165) is 31.6 Å². The summed E-state index contributed by atoms with van der Waals surface area (Å²) in [5.74, 6) is 0.332. The molecule has 2 aromatic heterocycles. The lowest BCUT2D eigenvalue weighted by Gasteiger charge is -2.48. The van der Waals surface area contributed by atoms with Gasteiger partial charge >= 0.3 is 0 Å². The van der Waals surface area contributed by atoms with Gasteiger partial charge in [-0.1, -0.05) is 0 Å². The average molecular weight is 343 g/mol. The number of aromatic amines is 1. The Morgan fingerprint density at radius 1 is 1.20 bits per heavy atom. The van der Waals surface area contributed by atoms with Crippen molar-refractivity contribution in [2.45, 2.75) is 12.3 Å². The fraction of sp³-hybridized carbons (Fsp3) is 0.353. The van der Waals surface area contributed by atoms with Gasteiger partial charge in [0.2, 0.25) is 0 Å². The van der Waals surface area contributed by atoms with Crippen molar-refractivity contribution in [2.24, 2.45) is 11.8 Å². The van der Waals surface area contributed by atoms with Crippen molar-refractivity contribution in [2.75, 3.05) is 13.1 Å². The molecule has 128 valence electrons. The molecule has 2 fully saturated rings. The topological polar surface area (TPSA) is 75.6 Å². The van der Waals surface area contributed by atoms with Crippen LogP contribution in [-0.2, 0) is 0 Å². The summed E-state index contributed by atoms with van der Waals surface area (Å²) in [4.78, 5) is 19.9. The Morgan fingerprint density at radius 3 is 2.72 bits per heavy atom. The van der Waals surface area contributed by atoms with Crippen LogP contribution in [0, 0.1) is 23.5 Å². The SMILES string of the molecule is O=c1[nH]c(C2C3CNCC2C3)nc2c1cnn2-c1ccc(F)cc1F. The summed E-state index contributed by atoms with van der Waals surface area (Å²) in [5.41, 5.74) is 0.0739. The van der Waals surface area contributed by atoms with Crippen LogP contribution in [0.1, 0.15) is 18.2 Å². The van der Waals surface area contributed by atoms with Gasteiger partial charge < -0.3 is 10.3 Å². The van der Waals surface area contributed by atoms with Crippen LogP contribution in [0.25, 0.3) is 16.7 Å². The van der Waals surface area contributed by atoms with Crippen molar-refractivity contribution in [1.29, 1.82) is 0 Å². The minimum Gasteiger partial charge on any atom is -0.316 e. The van der Waals surface area contributed by atoms with Crippen LogP contribution in [0.15, 0.2) is 29.2 Å². The van der Waals surface area contributed by atoms with Crippen LogP contribution in [0.2, 0.25) is 0 Å². The van der Waals surface area contributed by atoms with Crippen LogP contribution in [-0.4, -0.2) is 32.8 Å². The number of hydrogen-bond acceptors (Lipinski definition) is 4. The van der Waals surface area contributed by atoms with E-state index in [9.17, 15) is 13.6 Å². The highest BCUT2D eigenvalue weighted by atomic mass is 19.1. The Balaban J connectivity index is 1.67. The Hall–Kier alpha value is -2.61. The summed E-state index contributed by atoms with van der Waals surface area (Å²) in [5, 5.41) is 7.74. The van der Waals surface area contributed by atoms with Gasteiger partial charge in [0, 0.05) is 12.0 Å². The van der Waals surface area contributed by atoms with Gasteiger partial charge in [-0.3, -0.25) is 4.79 Å². The van der Waals surface area contributed by atoms with Crippen LogP contribution in [0.5, 0.6) is 0 Å². The monoisotopic (exact) mass is 343 g/mol. The second kappa shape index (κ2) is 5.19. The lowest BCUT2D eigenvalue weighted by Crippen LogP contribution is -2.52. The molecular formula is C17H15F2N5O. The lowest BCUT2D eigenvalue weighted by atomic mass is 9.62. The molecule has 1 aliphatic heterocycles. The normalized spacial score (nSPS) is 25.1. The summed E-state index contributed by atoms with van der Waals surface area (Å²) >= 11 is 0. The molecule has 0 amide bonds. The van der Waals surface area contributed by atoms with E-state index < -0.39 is 11.6 Å². The van der Waals surface area contributed by atoms with Gasteiger partial charge in [0.05, 0.1) is 6.20 Å². The van der Waals surface area contributed by atoms with Crippen molar-refractivity contribution in [1.82, 2.24) is 25.1 Å². The van der Waals surface area contributed by atoms with Crippen molar-refractivity contribution in [3.63, 3.8) is 0 Å². The molecule has 3 aromatic rings. The fourth-order valence-electron chi connectivity index (χ4n) is 4.12. The Morgan fingerprint density at radius 2 is 2.00 bits per heavy atom. The van der Waals surface area contributed by atoms with Gasteiger partial charge in [-0.15, -0.1) is 0 Å². The smallest absolute Gasteiger partial charge is 0.262 e. The zero-order valence-corrected chi connectivity index (χ0v) is 13.2. The largest absolute Gasteiger partial charge is 0.316 e. The van der Waals surface area contributed by atoms with Gasteiger partial charge in [0.15, 0.2) is 11.5 Å². The number of H-pyrrole nitrogens is 1. The van der Waals surface area contributed by atoms with Crippen LogP contribution < -0.4 is 10.9 Å². The van der Waals surface area contributed by atoms with E-state index in [2.05, 4.69) is 20.4 Å². The molecule has 25 heavy (non-hydrogen) atoms. The molecule has 3 heterocycles. The maximum Gasteiger partial charge on any atom is 0.262 e. The van der Waals surface area contributed by atoms with Gasteiger partial charge in [-0.2, -0.15) is 5.10 Å². The number of benzene rings is 1. The van der Waals surface area contributed by atoms with E-state index in [4.69, 9.17) is 0 Å². The minimum atomic E-state index is -0.752. The maximum absolute atomic E-state index is 14.1. The molecule has 1 saturated carbocycles. The first-order valence-corrected chi connectivity index (χ1v) is 8.26. The molecule has 6 nitrogen and oxygen atoms in total. The van der Waals surface area contributed by atoms with E-state index in [0.29, 0.717) is 23.3 Å². The van der Waals surface area contributed by atoms with Gasteiger partial charge in [-0.25, -0.2) is 18.4 Å². The van der Waals surface area contributed by atoms with Gasteiger partial charge in [-0.05, 0) is 43.5 Å². The quantitative estimate of drug-likeness (QED) is 0.743. The molecular weight excluding hydrogens is 328 g/mol. The van der Waals surface area contributed by atoms with Crippen LogP contribution in [0.3, 0.4) is 0 Å². The van der Waals surface area contributed by atoms with Crippen LogP contribution in [0.4, 0.5) is 8.78 Å². The molecule has 0 radical (unpaired) electrons. The molecule has 2 bridgehead atoms. The number of fused-ring (bicyclic) bond motifs is 3. The molecule has 1 aromatic carbocycles. The summed E-state index contributed by atoms with van der Waals surface area (Å²) in [6, 6.07) is 3.24. The van der Waals surface area contributed by atoms with Crippen LogP contribution >= 0.6 is 0 Å². The van der Waals surface area contributed by atoms with Crippen molar-refractivity contribution in [3.8, 4) is 5.69 Å². The third-order valence-electron chi connectivity index (χ3n) is 5.34. The molecule has 5 rings (SSSR count). The summed E-state index contributed by atoms with van der Waals surface area (Å²) in [6.45, 7) is 1.82. The van der Waals surface area contributed by atoms with Crippen molar-refractivity contribution < 1.29 is 8.78 Å². The zero-order chi connectivity index (χ0) is 17.1. The maximum atomic E-state index is 14.1. The summed E-state index contributed by atoms with van der Waals surface area (Å²) in [6.07, 6.45) is 2.49. The average Bonchev–Trinajstić information content (AvgIpc) is 3.00. The second-order valence-corrected chi connectivity index (χ2v) is 6.78. The summed E-state index contributed by atoms with van der Waals surface area (Å²) < 4.78 is 28.6.